The molecule has 172 valence electrons. The number of alkyl halides is 3. The van der Waals surface area contributed by atoms with Crippen LogP contribution in [-0.4, -0.2) is 21.7 Å². The summed E-state index contributed by atoms with van der Waals surface area (Å²) in [5.41, 5.74) is -1.58. The van der Waals surface area contributed by atoms with Crippen LogP contribution in [0.25, 0.3) is 10.7 Å². The van der Waals surface area contributed by atoms with Crippen LogP contribution in [-0.2, 0) is 6.54 Å². The monoisotopic (exact) mass is 512 g/mol. The first-order valence-corrected chi connectivity index (χ1v) is 11.6. The van der Waals surface area contributed by atoms with Crippen molar-refractivity contribution in [1.29, 1.82) is 0 Å². The molecule has 2 N–H and O–H groups in total. The Bertz CT molecular complexity index is 1080. The highest BCUT2D eigenvalue weighted by atomic mass is 79.9. The van der Waals surface area contributed by atoms with Gasteiger partial charge in [-0.05, 0) is 44.9 Å². The maximum atomic E-state index is 15.0. The van der Waals surface area contributed by atoms with Crippen LogP contribution in [0.15, 0.2) is 24.5 Å². The lowest BCUT2D eigenvalue weighted by Crippen LogP contribution is -2.41. The summed E-state index contributed by atoms with van der Waals surface area (Å²) in [5, 5.41) is 7.81. The van der Waals surface area contributed by atoms with Gasteiger partial charge >= 0.3 is 0 Å². The molecule has 3 aliphatic rings. The molecule has 0 atom stereocenters. The van der Waals surface area contributed by atoms with Crippen molar-refractivity contribution in [2.75, 3.05) is 5.32 Å². The van der Waals surface area contributed by atoms with E-state index in [2.05, 4.69) is 36.5 Å². The molecule has 9 heteroatoms. The number of halogens is 5. The zero-order chi connectivity index (χ0) is 22.7. The molecule has 2 bridgehead atoms. The third-order valence-electron chi connectivity index (χ3n) is 6.30. The van der Waals surface area contributed by atoms with Crippen LogP contribution in [0.2, 0.25) is 0 Å². The molecule has 1 aliphatic carbocycles. The molecule has 2 aromatic rings. The normalized spacial score (nSPS) is 26.3. The third-order valence-corrected chi connectivity index (χ3v) is 7.07. The van der Waals surface area contributed by atoms with Crippen LogP contribution in [0.4, 0.5) is 23.4 Å². The average Bonchev–Trinajstić information content (AvgIpc) is 2.77. The lowest BCUT2D eigenvalue weighted by Gasteiger charge is -2.34. The van der Waals surface area contributed by atoms with Crippen molar-refractivity contribution in [3.63, 3.8) is 0 Å². The van der Waals surface area contributed by atoms with Gasteiger partial charge in [-0.3, -0.25) is 0 Å². The predicted molar refractivity (Wildman–Crippen MR) is 120 cm³/mol. The fourth-order valence-electron chi connectivity index (χ4n) is 4.40. The standard InChI is InChI=1S/C23H25BrF4N4/c24-18-5-2-8-23(28)9-6-15(7-10-23)29-12-17-20(18)31-13-32-22(17)30-11-14-3-1-4-16(19(14)25)21(26)27/h1,3-4,12-13,15,21,29H,2,5-11H2,(H,30,31,32)/b17-12+,20-18-. The molecule has 2 aliphatic heterocycles. The summed E-state index contributed by atoms with van der Waals surface area (Å²) in [6, 6.07) is 4.12. The van der Waals surface area contributed by atoms with Gasteiger partial charge in [0.1, 0.15) is 23.6 Å². The Hall–Kier alpha value is -2.16. The summed E-state index contributed by atoms with van der Waals surface area (Å²) in [5.74, 6) is -0.450. The second kappa shape index (κ2) is 9.77. The first kappa shape index (κ1) is 23.0. The van der Waals surface area contributed by atoms with Gasteiger partial charge in [0.05, 0.1) is 16.1 Å². The second-order valence-corrected chi connectivity index (χ2v) is 9.41. The summed E-state index contributed by atoms with van der Waals surface area (Å²) in [6.07, 6.45) is 4.77. The molecule has 0 unspecified atom stereocenters. The van der Waals surface area contributed by atoms with Crippen LogP contribution in [0, 0.1) is 5.82 Å². The highest BCUT2D eigenvalue weighted by Gasteiger charge is 2.34. The maximum Gasteiger partial charge on any atom is 0.266 e. The molecule has 32 heavy (non-hydrogen) atoms. The Morgan fingerprint density at radius 3 is 2.72 bits per heavy atom. The fourth-order valence-corrected chi connectivity index (χ4v) is 5.00. The fraction of sp³-hybridized carbons (Fsp3) is 0.478. The van der Waals surface area contributed by atoms with Gasteiger partial charge in [0.25, 0.3) is 6.43 Å². The van der Waals surface area contributed by atoms with E-state index in [9.17, 15) is 13.2 Å². The summed E-state index contributed by atoms with van der Waals surface area (Å²) >= 11 is 3.60. The Morgan fingerprint density at radius 1 is 1.19 bits per heavy atom. The van der Waals surface area contributed by atoms with Gasteiger partial charge in [0.2, 0.25) is 0 Å². The van der Waals surface area contributed by atoms with Crippen LogP contribution >= 0.6 is 15.9 Å². The van der Waals surface area contributed by atoms with E-state index < -0.39 is 23.5 Å². The molecule has 1 saturated carbocycles. The number of aromatic nitrogens is 2. The Kier molecular flexibility index (Phi) is 7.02. The Labute approximate surface area is 192 Å². The molecule has 5 rings (SSSR count). The SMILES string of the molecule is Fc1c(CNc2ncnc3/c2=C\NC2CCC(F)(CCC\C=3Br)CC2)cccc1C(F)F. The van der Waals surface area contributed by atoms with Crippen molar-refractivity contribution in [1.82, 2.24) is 15.3 Å². The maximum absolute atomic E-state index is 15.0. The number of fused-ring (bicyclic) bond motifs is 6. The van der Waals surface area contributed by atoms with Crippen LogP contribution in [0.1, 0.15) is 62.5 Å². The molecule has 0 radical (unpaired) electrons. The van der Waals surface area contributed by atoms with Crippen molar-refractivity contribution < 1.29 is 17.6 Å². The number of anilines is 1. The van der Waals surface area contributed by atoms with Gasteiger partial charge in [-0.2, -0.15) is 0 Å². The topological polar surface area (TPSA) is 49.8 Å². The van der Waals surface area contributed by atoms with Gasteiger partial charge in [-0.25, -0.2) is 27.5 Å². The van der Waals surface area contributed by atoms with E-state index in [0.29, 0.717) is 48.5 Å². The Balaban J connectivity index is 1.67. The number of hydrogen-bond acceptors (Lipinski definition) is 4. The third kappa shape index (κ3) is 5.08. The van der Waals surface area contributed by atoms with E-state index >= 15 is 4.39 Å². The molecule has 1 fully saturated rings. The van der Waals surface area contributed by atoms with Crippen molar-refractivity contribution in [3.05, 3.63) is 52.0 Å². The van der Waals surface area contributed by atoms with Gasteiger partial charge in [0, 0.05) is 28.8 Å². The van der Waals surface area contributed by atoms with E-state index in [1.165, 1.54) is 18.5 Å². The molecule has 0 saturated heterocycles. The zero-order valence-corrected chi connectivity index (χ0v) is 19.1. The molecule has 0 spiro atoms. The molecule has 0 amide bonds. The van der Waals surface area contributed by atoms with Crippen LogP contribution in [0.3, 0.4) is 0 Å². The minimum Gasteiger partial charge on any atom is -0.388 e. The van der Waals surface area contributed by atoms with Gasteiger partial charge < -0.3 is 10.6 Å². The van der Waals surface area contributed by atoms with Crippen LogP contribution in [0.5, 0.6) is 0 Å². The number of hydrogen-bond donors (Lipinski definition) is 2. The first-order valence-electron chi connectivity index (χ1n) is 10.8. The largest absolute Gasteiger partial charge is 0.388 e. The predicted octanol–water partition coefficient (Wildman–Crippen LogP) is 4.83. The second-order valence-electron chi connectivity index (χ2n) is 8.45. The van der Waals surface area contributed by atoms with Crippen LogP contribution < -0.4 is 21.2 Å². The van der Waals surface area contributed by atoms with E-state index in [1.54, 1.807) is 0 Å². The highest BCUT2D eigenvalue weighted by Crippen LogP contribution is 2.37. The molecular formula is C23H25BrF4N4. The van der Waals surface area contributed by atoms with Gasteiger partial charge in [-0.1, -0.05) is 34.1 Å². The summed E-state index contributed by atoms with van der Waals surface area (Å²) in [6.45, 7) is -0.00486. The Morgan fingerprint density at radius 2 is 1.97 bits per heavy atom. The minimum absolute atomic E-state index is 0.00486. The van der Waals surface area contributed by atoms with Crippen molar-refractivity contribution in [2.24, 2.45) is 0 Å². The number of nitrogens with zero attached hydrogens (tertiary/aromatic N) is 2. The highest BCUT2D eigenvalue weighted by molar-refractivity contribution is 9.14. The summed E-state index contributed by atoms with van der Waals surface area (Å²) in [7, 11) is 0. The smallest absolute Gasteiger partial charge is 0.266 e. The molecular weight excluding hydrogens is 488 g/mol. The zero-order valence-electron chi connectivity index (χ0n) is 17.5. The van der Waals surface area contributed by atoms with Gasteiger partial charge in [-0.15, -0.1) is 0 Å². The molecule has 3 heterocycles. The van der Waals surface area contributed by atoms with E-state index in [-0.39, 0.29) is 18.2 Å². The average molecular weight is 513 g/mol. The lowest BCUT2D eigenvalue weighted by atomic mass is 9.80. The van der Waals surface area contributed by atoms with Gasteiger partial charge in [0.15, 0.2) is 0 Å². The summed E-state index contributed by atoms with van der Waals surface area (Å²) < 4.78 is 56.3. The number of rotatable bonds is 4. The van der Waals surface area contributed by atoms with Crippen molar-refractivity contribution in [3.8, 4) is 0 Å². The first-order chi connectivity index (χ1) is 15.4. The van der Waals surface area contributed by atoms with E-state index in [0.717, 1.165) is 23.4 Å². The van der Waals surface area contributed by atoms with E-state index in [4.69, 9.17) is 0 Å². The quantitative estimate of drug-likeness (QED) is 0.576. The van der Waals surface area contributed by atoms with Crippen molar-refractivity contribution in [2.45, 2.75) is 69.6 Å². The van der Waals surface area contributed by atoms with Crippen molar-refractivity contribution >= 4 is 32.4 Å². The summed E-state index contributed by atoms with van der Waals surface area (Å²) in [4.78, 5) is 8.72. The molecule has 1 aromatic heterocycles. The minimum atomic E-state index is -2.88. The molecule has 1 aromatic carbocycles. The number of nitrogens with one attached hydrogen (secondary N) is 2. The lowest BCUT2D eigenvalue weighted by molar-refractivity contribution is 0.0840. The van der Waals surface area contributed by atoms with E-state index in [1.807, 2.05) is 6.20 Å². The molecule has 4 nitrogen and oxygen atoms in total. The number of benzene rings is 1.